The average Bonchev–Trinajstić information content (AvgIpc) is 2.64. The lowest BCUT2D eigenvalue weighted by Gasteiger charge is -2.24. The Bertz CT molecular complexity index is 471. The molecule has 0 aliphatic rings. The van der Waals surface area contributed by atoms with Crippen molar-refractivity contribution in [1.29, 1.82) is 0 Å². The number of aryl methyl sites for hydroxylation is 1. The molecule has 2 N–H and O–H groups in total. The summed E-state index contributed by atoms with van der Waals surface area (Å²) in [5.41, 5.74) is 7.36. The predicted octanol–water partition coefficient (Wildman–Crippen LogP) is 1.92. The van der Waals surface area contributed by atoms with E-state index in [0.717, 1.165) is 18.7 Å². The first-order valence-electron chi connectivity index (χ1n) is 5.86. The van der Waals surface area contributed by atoms with Gasteiger partial charge in [0.05, 0.1) is 0 Å². The van der Waals surface area contributed by atoms with Crippen molar-refractivity contribution in [3.05, 3.63) is 54.1 Å². The normalized spacial score (nSPS) is 14.5. The van der Waals surface area contributed by atoms with Gasteiger partial charge in [-0.1, -0.05) is 30.3 Å². The van der Waals surface area contributed by atoms with Crippen LogP contribution in [0.3, 0.4) is 0 Å². The van der Waals surface area contributed by atoms with Gasteiger partial charge >= 0.3 is 0 Å². The molecule has 0 radical (unpaired) electrons. The van der Waals surface area contributed by atoms with E-state index in [9.17, 15) is 0 Å². The molecule has 0 amide bonds. The van der Waals surface area contributed by atoms with E-state index in [1.807, 2.05) is 42.2 Å². The number of benzene rings is 1. The van der Waals surface area contributed by atoms with Crippen LogP contribution in [-0.4, -0.2) is 15.1 Å². The lowest BCUT2D eigenvalue weighted by atomic mass is 9.90. The van der Waals surface area contributed by atoms with Gasteiger partial charge in [0.2, 0.25) is 0 Å². The second-order valence-corrected chi connectivity index (χ2v) is 4.95. The van der Waals surface area contributed by atoms with Crippen LogP contribution in [0.15, 0.2) is 42.7 Å². The Balaban J connectivity index is 2.07. The molecular formula is C14H19N3. The zero-order chi connectivity index (χ0) is 12.3. The first kappa shape index (κ1) is 11.9. The van der Waals surface area contributed by atoms with Gasteiger partial charge in [-0.2, -0.15) is 0 Å². The maximum Gasteiger partial charge on any atom is 0.110 e. The largest absolute Gasteiger partial charge is 0.338 e. The maximum atomic E-state index is 6.36. The summed E-state index contributed by atoms with van der Waals surface area (Å²) in [5, 5.41) is 0. The topological polar surface area (TPSA) is 43.8 Å². The van der Waals surface area contributed by atoms with Gasteiger partial charge in [0, 0.05) is 31.4 Å². The fourth-order valence-corrected chi connectivity index (χ4v) is 2.05. The van der Waals surface area contributed by atoms with E-state index in [1.165, 1.54) is 5.56 Å². The average molecular weight is 229 g/mol. The Hall–Kier alpha value is -1.61. The van der Waals surface area contributed by atoms with E-state index in [1.54, 1.807) is 0 Å². The van der Waals surface area contributed by atoms with E-state index in [0.29, 0.717) is 0 Å². The highest BCUT2D eigenvalue weighted by Crippen LogP contribution is 2.15. The Morgan fingerprint density at radius 1 is 1.24 bits per heavy atom. The van der Waals surface area contributed by atoms with E-state index >= 15 is 0 Å². The van der Waals surface area contributed by atoms with Gasteiger partial charge in [0.25, 0.3) is 0 Å². The number of nitrogens with two attached hydrogens (primary N) is 1. The summed E-state index contributed by atoms with van der Waals surface area (Å²) < 4.78 is 2.02. The minimum Gasteiger partial charge on any atom is -0.338 e. The molecule has 2 aromatic rings. The zero-order valence-electron chi connectivity index (χ0n) is 10.4. The van der Waals surface area contributed by atoms with Gasteiger partial charge in [-0.05, 0) is 18.9 Å². The molecule has 0 saturated heterocycles. The summed E-state index contributed by atoms with van der Waals surface area (Å²) in [7, 11) is 2.00. The molecule has 90 valence electrons. The smallest absolute Gasteiger partial charge is 0.110 e. The second kappa shape index (κ2) is 4.72. The summed E-state index contributed by atoms with van der Waals surface area (Å²) in [4.78, 5) is 4.33. The summed E-state index contributed by atoms with van der Waals surface area (Å²) >= 11 is 0. The summed E-state index contributed by atoms with van der Waals surface area (Å²) in [6, 6.07) is 10.3. The SMILES string of the molecule is Cn1ccnc1CC(C)(N)Cc1ccccc1. The number of hydrogen-bond donors (Lipinski definition) is 1. The Labute approximate surface area is 102 Å². The van der Waals surface area contributed by atoms with Crippen molar-refractivity contribution in [3.63, 3.8) is 0 Å². The Morgan fingerprint density at radius 3 is 2.53 bits per heavy atom. The highest BCUT2D eigenvalue weighted by atomic mass is 15.0. The fraction of sp³-hybridized carbons (Fsp3) is 0.357. The number of aromatic nitrogens is 2. The van der Waals surface area contributed by atoms with Crippen LogP contribution in [-0.2, 0) is 19.9 Å². The summed E-state index contributed by atoms with van der Waals surface area (Å²) in [5.74, 6) is 1.03. The van der Waals surface area contributed by atoms with E-state index < -0.39 is 0 Å². The van der Waals surface area contributed by atoms with Crippen molar-refractivity contribution >= 4 is 0 Å². The molecule has 1 heterocycles. The van der Waals surface area contributed by atoms with Gasteiger partial charge in [0.15, 0.2) is 0 Å². The number of hydrogen-bond acceptors (Lipinski definition) is 2. The molecule has 0 saturated carbocycles. The van der Waals surface area contributed by atoms with Gasteiger partial charge in [-0.15, -0.1) is 0 Å². The quantitative estimate of drug-likeness (QED) is 0.870. The predicted molar refractivity (Wildman–Crippen MR) is 69.7 cm³/mol. The van der Waals surface area contributed by atoms with Gasteiger partial charge < -0.3 is 10.3 Å². The Kier molecular flexibility index (Phi) is 3.29. The molecule has 3 nitrogen and oxygen atoms in total. The van der Waals surface area contributed by atoms with Crippen LogP contribution >= 0.6 is 0 Å². The maximum absolute atomic E-state index is 6.36. The van der Waals surface area contributed by atoms with Crippen molar-refractivity contribution in [1.82, 2.24) is 9.55 Å². The minimum atomic E-state index is -0.263. The Morgan fingerprint density at radius 2 is 1.94 bits per heavy atom. The van der Waals surface area contributed by atoms with Crippen LogP contribution in [0, 0.1) is 0 Å². The molecule has 17 heavy (non-hydrogen) atoms. The molecule has 0 aliphatic carbocycles. The molecule has 1 unspecified atom stereocenters. The summed E-state index contributed by atoms with van der Waals surface area (Å²) in [6.45, 7) is 2.08. The van der Waals surface area contributed by atoms with Crippen molar-refractivity contribution in [2.24, 2.45) is 12.8 Å². The monoisotopic (exact) mass is 229 g/mol. The highest BCUT2D eigenvalue weighted by Gasteiger charge is 2.21. The molecule has 1 atom stereocenters. The van der Waals surface area contributed by atoms with Gasteiger partial charge in [-0.3, -0.25) is 0 Å². The van der Waals surface area contributed by atoms with Gasteiger partial charge in [0.1, 0.15) is 5.82 Å². The molecular weight excluding hydrogens is 210 g/mol. The van der Waals surface area contributed by atoms with E-state index in [4.69, 9.17) is 5.73 Å². The molecule has 0 spiro atoms. The minimum absolute atomic E-state index is 0.263. The van der Waals surface area contributed by atoms with Crippen LogP contribution in [0.4, 0.5) is 0 Å². The number of rotatable bonds is 4. The molecule has 0 bridgehead atoms. The molecule has 0 fully saturated rings. The van der Waals surface area contributed by atoms with Crippen LogP contribution in [0.25, 0.3) is 0 Å². The number of nitrogens with zero attached hydrogens (tertiary/aromatic N) is 2. The molecule has 1 aromatic heterocycles. The van der Waals surface area contributed by atoms with Crippen molar-refractivity contribution in [2.45, 2.75) is 25.3 Å². The first-order chi connectivity index (χ1) is 8.07. The third kappa shape index (κ3) is 3.17. The van der Waals surface area contributed by atoms with Crippen LogP contribution in [0.1, 0.15) is 18.3 Å². The lowest BCUT2D eigenvalue weighted by molar-refractivity contribution is 0.446. The molecule has 1 aromatic carbocycles. The zero-order valence-corrected chi connectivity index (χ0v) is 10.4. The van der Waals surface area contributed by atoms with Crippen molar-refractivity contribution in [2.75, 3.05) is 0 Å². The van der Waals surface area contributed by atoms with Crippen LogP contribution < -0.4 is 5.73 Å². The first-order valence-corrected chi connectivity index (χ1v) is 5.86. The summed E-state index contributed by atoms with van der Waals surface area (Å²) in [6.07, 6.45) is 5.41. The third-order valence-electron chi connectivity index (χ3n) is 2.93. The van der Waals surface area contributed by atoms with Gasteiger partial charge in [-0.25, -0.2) is 4.98 Å². The van der Waals surface area contributed by atoms with E-state index in [2.05, 4.69) is 24.0 Å². The standard InChI is InChI=1S/C14H19N3/c1-14(15,10-12-6-4-3-5-7-12)11-13-16-8-9-17(13)2/h3-9H,10-11,15H2,1-2H3. The highest BCUT2D eigenvalue weighted by molar-refractivity contribution is 5.18. The molecule has 3 heteroatoms. The lowest BCUT2D eigenvalue weighted by Crippen LogP contribution is -2.41. The van der Waals surface area contributed by atoms with E-state index in [-0.39, 0.29) is 5.54 Å². The van der Waals surface area contributed by atoms with Crippen LogP contribution in [0.5, 0.6) is 0 Å². The van der Waals surface area contributed by atoms with Crippen molar-refractivity contribution < 1.29 is 0 Å². The number of imidazole rings is 1. The molecule has 2 rings (SSSR count). The molecule has 0 aliphatic heterocycles. The van der Waals surface area contributed by atoms with Crippen LogP contribution in [0.2, 0.25) is 0 Å². The fourth-order valence-electron chi connectivity index (χ4n) is 2.05. The second-order valence-electron chi connectivity index (χ2n) is 4.95. The third-order valence-corrected chi connectivity index (χ3v) is 2.93. The van der Waals surface area contributed by atoms with Crippen molar-refractivity contribution in [3.8, 4) is 0 Å².